The van der Waals surface area contributed by atoms with E-state index in [0.717, 1.165) is 23.8 Å². The van der Waals surface area contributed by atoms with E-state index in [1.807, 2.05) is 0 Å². The zero-order valence-electron chi connectivity index (χ0n) is 12.1. The quantitative estimate of drug-likeness (QED) is 0.669. The molecule has 0 unspecified atom stereocenters. The Kier molecular flexibility index (Phi) is 4.45. The molecule has 0 amide bonds. The van der Waals surface area contributed by atoms with E-state index in [9.17, 15) is 0 Å². The number of piperidine rings is 1. The van der Waals surface area contributed by atoms with Crippen LogP contribution in [0.2, 0.25) is 0 Å². The molecule has 0 aliphatic carbocycles. The van der Waals surface area contributed by atoms with Crippen molar-refractivity contribution in [1.82, 2.24) is 9.88 Å². The lowest BCUT2D eigenvalue weighted by Crippen LogP contribution is -2.40. The van der Waals surface area contributed by atoms with Gasteiger partial charge in [0.2, 0.25) is 0 Å². The fraction of sp³-hybridized carbons (Fsp3) is 0.714. The highest BCUT2D eigenvalue weighted by molar-refractivity contribution is 7.09. The molecule has 0 radical (unpaired) electrons. The molecule has 106 valence electrons. The Morgan fingerprint density at radius 3 is 2.63 bits per heavy atom. The SMILES string of the molecule is CC(C)(C)c1nc(CN=C(N)N2CCCCC2)cs1. The Morgan fingerprint density at radius 2 is 2.05 bits per heavy atom. The smallest absolute Gasteiger partial charge is 0.191 e. The van der Waals surface area contributed by atoms with Gasteiger partial charge in [0.15, 0.2) is 5.96 Å². The van der Waals surface area contributed by atoms with Crippen LogP contribution in [0.1, 0.15) is 50.7 Å². The van der Waals surface area contributed by atoms with Gasteiger partial charge in [-0.15, -0.1) is 11.3 Å². The van der Waals surface area contributed by atoms with Crippen molar-refractivity contribution in [3.63, 3.8) is 0 Å². The van der Waals surface area contributed by atoms with Gasteiger partial charge in [-0.2, -0.15) is 0 Å². The van der Waals surface area contributed by atoms with Gasteiger partial charge < -0.3 is 10.6 Å². The number of rotatable bonds is 2. The minimum atomic E-state index is 0.116. The molecule has 1 saturated heterocycles. The number of hydrogen-bond donors (Lipinski definition) is 1. The summed E-state index contributed by atoms with van der Waals surface area (Å²) in [7, 11) is 0. The molecule has 1 aromatic heterocycles. The maximum atomic E-state index is 6.04. The first-order valence-electron chi connectivity index (χ1n) is 6.96. The van der Waals surface area contributed by atoms with Crippen molar-refractivity contribution in [2.75, 3.05) is 13.1 Å². The number of nitrogens with zero attached hydrogens (tertiary/aromatic N) is 3. The molecule has 1 fully saturated rings. The van der Waals surface area contributed by atoms with Crippen molar-refractivity contribution < 1.29 is 0 Å². The van der Waals surface area contributed by atoms with Gasteiger partial charge in [0.25, 0.3) is 0 Å². The van der Waals surface area contributed by atoms with Crippen LogP contribution >= 0.6 is 11.3 Å². The van der Waals surface area contributed by atoms with Crippen LogP contribution in [0.4, 0.5) is 0 Å². The molecule has 0 spiro atoms. The number of hydrogen-bond acceptors (Lipinski definition) is 3. The Morgan fingerprint density at radius 1 is 1.37 bits per heavy atom. The molecule has 1 aliphatic rings. The van der Waals surface area contributed by atoms with Crippen LogP contribution < -0.4 is 5.73 Å². The molecular weight excluding hydrogens is 256 g/mol. The fourth-order valence-electron chi connectivity index (χ4n) is 2.11. The number of likely N-dealkylation sites (tertiary alicyclic amines) is 1. The molecule has 19 heavy (non-hydrogen) atoms. The van der Waals surface area contributed by atoms with Crippen LogP contribution in [0.15, 0.2) is 10.4 Å². The van der Waals surface area contributed by atoms with Crippen LogP contribution in [0.3, 0.4) is 0 Å². The van der Waals surface area contributed by atoms with Gasteiger partial charge in [-0.3, -0.25) is 0 Å². The normalized spacial score (nSPS) is 17.8. The van der Waals surface area contributed by atoms with Gasteiger partial charge >= 0.3 is 0 Å². The highest BCUT2D eigenvalue weighted by Crippen LogP contribution is 2.25. The minimum Gasteiger partial charge on any atom is -0.370 e. The van der Waals surface area contributed by atoms with Crippen LogP contribution in [0.25, 0.3) is 0 Å². The lowest BCUT2D eigenvalue weighted by molar-refractivity contribution is 0.338. The van der Waals surface area contributed by atoms with Gasteiger partial charge in [0.1, 0.15) is 0 Å². The summed E-state index contributed by atoms with van der Waals surface area (Å²) in [6.07, 6.45) is 3.76. The summed E-state index contributed by atoms with van der Waals surface area (Å²) >= 11 is 1.71. The van der Waals surface area contributed by atoms with E-state index in [2.05, 4.69) is 41.0 Å². The van der Waals surface area contributed by atoms with Crippen molar-refractivity contribution in [3.8, 4) is 0 Å². The molecule has 1 aliphatic heterocycles. The van der Waals surface area contributed by atoms with Gasteiger partial charge in [-0.05, 0) is 19.3 Å². The first-order chi connectivity index (χ1) is 8.97. The lowest BCUT2D eigenvalue weighted by Gasteiger charge is -2.27. The maximum Gasteiger partial charge on any atom is 0.191 e. The van der Waals surface area contributed by atoms with Crippen LogP contribution in [-0.2, 0) is 12.0 Å². The van der Waals surface area contributed by atoms with E-state index >= 15 is 0 Å². The standard InChI is InChI=1S/C14H24N4S/c1-14(2,3)12-17-11(10-19-12)9-16-13(15)18-7-5-4-6-8-18/h10H,4-9H2,1-3H3,(H2,15,16). The molecule has 2 heterocycles. The van der Waals surface area contributed by atoms with Crippen molar-refractivity contribution >= 4 is 17.3 Å². The largest absolute Gasteiger partial charge is 0.370 e. The molecular formula is C14H24N4S. The fourth-order valence-corrected chi connectivity index (χ4v) is 3.01. The zero-order chi connectivity index (χ0) is 13.9. The van der Waals surface area contributed by atoms with Gasteiger partial charge in [0, 0.05) is 23.9 Å². The van der Waals surface area contributed by atoms with E-state index in [0.29, 0.717) is 12.5 Å². The Balaban J connectivity index is 1.95. The predicted molar refractivity (Wildman–Crippen MR) is 81.6 cm³/mol. The Hall–Kier alpha value is -1.10. The average Bonchev–Trinajstić information content (AvgIpc) is 2.86. The highest BCUT2D eigenvalue weighted by atomic mass is 32.1. The summed E-state index contributed by atoms with van der Waals surface area (Å²) in [5.41, 5.74) is 7.18. The highest BCUT2D eigenvalue weighted by Gasteiger charge is 2.18. The summed E-state index contributed by atoms with van der Waals surface area (Å²) < 4.78 is 0. The molecule has 0 atom stereocenters. The Labute approximate surface area is 119 Å². The van der Waals surface area contributed by atoms with Gasteiger partial charge in [-0.25, -0.2) is 9.98 Å². The third-order valence-corrected chi connectivity index (χ3v) is 4.59. The monoisotopic (exact) mass is 280 g/mol. The summed E-state index contributed by atoms with van der Waals surface area (Å²) in [5.74, 6) is 0.671. The first kappa shape index (κ1) is 14.3. The van der Waals surface area contributed by atoms with E-state index < -0.39 is 0 Å². The second kappa shape index (κ2) is 5.90. The molecule has 5 heteroatoms. The number of aromatic nitrogens is 1. The van der Waals surface area contributed by atoms with Crippen molar-refractivity contribution in [2.24, 2.45) is 10.7 Å². The van der Waals surface area contributed by atoms with Crippen molar-refractivity contribution in [3.05, 3.63) is 16.1 Å². The molecule has 0 bridgehead atoms. The van der Waals surface area contributed by atoms with E-state index in [-0.39, 0.29) is 5.41 Å². The Bertz CT molecular complexity index is 439. The molecule has 1 aromatic rings. The van der Waals surface area contributed by atoms with Crippen molar-refractivity contribution in [1.29, 1.82) is 0 Å². The third-order valence-electron chi connectivity index (χ3n) is 3.28. The molecule has 0 saturated carbocycles. The van der Waals surface area contributed by atoms with E-state index in [1.165, 1.54) is 19.3 Å². The summed E-state index contributed by atoms with van der Waals surface area (Å²) in [5, 5.41) is 3.25. The van der Waals surface area contributed by atoms with Crippen molar-refractivity contribution in [2.45, 2.75) is 52.0 Å². The summed E-state index contributed by atoms with van der Waals surface area (Å²) in [6, 6.07) is 0. The molecule has 2 N–H and O–H groups in total. The molecule has 0 aromatic carbocycles. The average molecular weight is 280 g/mol. The number of thiazole rings is 1. The predicted octanol–water partition coefficient (Wildman–Crippen LogP) is 2.74. The second-order valence-electron chi connectivity index (χ2n) is 6.12. The summed E-state index contributed by atoms with van der Waals surface area (Å²) in [4.78, 5) is 11.3. The van der Waals surface area contributed by atoms with Crippen LogP contribution in [0.5, 0.6) is 0 Å². The minimum absolute atomic E-state index is 0.116. The van der Waals surface area contributed by atoms with Gasteiger partial charge in [-0.1, -0.05) is 20.8 Å². The van der Waals surface area contributed by atoms with E-state index in [1.54, 1.807) is 11.3 Å². The van der Waals surface area contributed by atoms with E-state index in [4.69, 9.17) is 5.73 Å². The third kappa shape index (κ3) is 3.93. The molecule has 4 nitrogen and oxygen atoms in total. The van der Waals surface area contributed by atoms with Crippen LogP contribution in [-0.4, -0.2) is 28.9 Å². The lowest BCUT2D eigenvalue weighted by atomic mass is 9.98. The summed E-state index contributed by atoms with van der Waals surface area (Å²) in [6.45, 7) is 9.22. The topological polar surface area (TPSA) is 54.5 Å². The van der Waals surface area contributed by atoms with Crippen LogP contribution in [0, 0.1) is 0 Å². The number of nitrogens with two attached hydrogens (primary N) is 1. The maximum absolute atomic E-state index is 6.04. The molecule has 2 rings (SSSR count). The second-order valence-corrected chi connectivity index (χ2v) is 6.97. The van der Waals surface area contributed by atoms with Gasteiger partial charge in [0.05, 0.1) is 17.2 Å². The first-order valence-corrected chi connectivity index (χ1v) is 7.84. The number of aliphatic imine (C=N–C) groups is 1. The number of guanidine groups is 1. The zero-order valence-corrected chi connectivity index (χ0v) is 13.0.